The van der Waals surface area contributed by atoms with E-state index in [1.165, 1.54) is 11.0 Å². The summed E-state index contributed by atoms with van der Waals surface area (Å²) in [6, 6.07) is 8.68. The fourth-order valence-corrected chi connectivity index (χ4v) is 3.93. The number of carbonyl (C=O) groups excluding carboxylic acids is 2. The zero-order valence-corrected chi connectivity index (χ0v) is 25.8. The highest BCUT2D eigenvalue weighted by molar-refractivity contribution is 5.92. The van der Waals surface area contributed by atoms with Gasteiger partial charge in [-0.05, 0) is 64.5 Å². The van der Waals surface area contributed by atoms with Crippen LogP contribution in [-0.4, -0.2) is 84.9 Å². The van der Waals surface area contributed by atoms with Crippen LogP contribution in [-0.2, 0) is 9.59 Å². The van der Waals surface area contributed by atoms with Crippen molar-refractivity contribution in [1.82, 2.24) is 25.1 Å². The molecule has 0 spiro atoms. The summed E-state index contributed by atoms with van der Waals surface area (Å²) in [6.45, 7) is 8.80. The first-order chi connectivity index (χ1) is 20.2. The summed E-state index contributed by atoms with van der Waals surface area (Å²) >= 11 is 0. The smallest absolute Gasteiger partial charge is 0.246 e. The monoisotopic (exact) mass is 572 g/mol. The van der Waals surface area contributed by atoms with Crippen molar-refractivity contribution < 1.29 is 9.59 Å². The summed E-state index contributed by atoms with van der Waals surface area (Å²) < 4.78 is 0. The lowest BCUT2D eigenvalue weighted by Gasteiger charge is -2.24. The van der Waals surface area contributed by atoms with E-state index in [0.29, 0.717) is 37.4 Å². The van der Waals surface area contributed by atoms with Gasteiger partial charge in [-0.2, -0.15) is 10.2 Å². The van der Waals surface area contributed by atoms with Gasteiger partial charge in [-0.25, -0.2) is 4.98 Å². The normalized spacial score (nSPS) is 11.4. The molecule has 1 heterocycles. The Kier molecular flexibility index (Phi) is 14.6. The SMILES string of the molecule is CCCN(CCC)c1nc(Nc2ccc(C#N)cc2)ncc1C#CCCCNC(=O)[C@H](C)N(C)C(=O)/C=C/CN(C)C. The van der Waals surface area contributed by atoms with Crippen LogP contribution in [0, 0.1) is 23.2 Å². The maximum absolute atomic E-state index is 12.5. The fraction of sp³-hybridized carbons (Fsp3) is 0.469. The molecule has 0 aliphatic heterocycles. The molecule has 0 fully saturated rings. The third-order valence-electron chi connectivity index (χ3n) is 6.37. The van der Waals surface area contributed by atoms with Crippen molar-refractivity contribution in [3.05, 3.63) is 53.7 Å². The summed E-state index contributed by atoms with van der Waals surface area (Å²) in [5, 5.41) is 15.2. The van der Waals surface area contributed by atoms with Crippen LogP contribution < -0.4 is 15.5 Å². The quantitative estimate of drug-likeness (QED) is 0.187. The number of anilines is 3. The van der Waals surface area contributed by atoms with Crippen LogP contribution in [0.5, 0.6) is 0 Å². The first-order valence-corrected chi connectivity index (χ1v) is 14.4. The molecule has 0 saturated heterocycles. The van der Waals surface area contributed by atoms with Gasteiger partial charge in [0, 0.05) is 51.4 Å². The molecule has 1 atom stereocenters. The number of nitrogens with one attached hydrogen (secondary N) is 2. The Morgan fingerprint density at radius 2 is 1.79 bits per heavy atom. The Morgan fingerprint density at radius 1 is 1.10 bits per heavy atom. The third kappa shape index (κ3) is 11.2. The van der Waals surface area contributed by atoms with E-state index < -0.39 is 6.04 Å². The molecule has 0 aliphatic carbocycles. The van der Waals surface area contributed by atoms with Gasteiger partial charge in [-0.15, -0.1) is 0 Å². The van der Waals surface area contributed by atoms with Gasteiger partial charge in [-0.3, -0.25) is 9.59 Å². The molecule has 10 nitrogen and oxygen atoms in total. The number of likely N-dealkylation sites (N-methyl/N-ethyl adjacent to an activating group) is 2. The van der Waals surface area contributed by atoms with E-state index in [9.17, 15) is 9.59 Å². The predicted molar refractivity (Wildman–Crippen MR) is 168 cm³/mol. The second-order valence-corrected chi connectivity index (χ2v) is 10.2. The highest BCUT2D eigenvalue weighted by atomic mass is 16.2. The highest BCUT2D eigenvalue weighted by Crippen LogP contribution is 2.21. The summed E-state index contributed by atoms with van der Waals surface area (Å²) in [6.07, 6.45) is 8.22. The number of carbonyl (C=O) groups is 2. The molecular weight excluding hydrogens is 528 g/mol. The lowest BCUT2D eigenvalue weighted by atomic mass is 10.2. The number of hydrogen-bond acceptors (Lipinski definition) is 8. The van der Waals surface area contributed by atoms with Gasteiger partial charge in [-0.1, -0.05) is 31.8 Å². The lowest BCUT2D eigenvalue weighted by molar-refractivity contribution is -0.135. The van der Waals surface area contributed by atoms with Crippen LogP contribution in [0.25, 0.3) is 0 Å². The van der Waals surface area contributed by atoms with Crippen LogP contribution >= 0.6 is 0 Å². The Balaban J connectivity index is 2.01. The van der Waals surface area contributed by atoms with Crippen LogP contribution in [0.1, 0.15) is 57.6 Å². The highest BCUT2D eigenvalue weighted by Gasteiger charge is 2.20. The molecule has 0 radical (unpaired) electrons. The molecule has 10 heteroatoms. The number of rotatable bonds is 15. The van der Waals surface area contributed by atoms with Crippen molar-refractivity contribution in [2.75, 3.05) is 57.5 Å². The largest absolute Gasteiger partial charge is 0.355 e. The van der Waals surface area contributed by atoms with Gasteiger partial charge in [0.15, 0.2) is 0 Å². The van der Waals surface area contributed by atoms with Crippen molar-refractivity contribution in [3.8, 4) is 17.9 Å². The minimum Gasteiger partial charge on any atom is -0.355 e. The molecule has 2 amide bonds. The summed E-state index contributed by atoms with van der Waals surface area (Å²) in [7, 11) is 5.48. The topological polar surface area (TPSA) is 117 Å². The number of amides is 2. The van der Waals surface area contributed by atoms with E-state index in [-0.39, 0.29) is 11.8 Å². The van der Waals surface area contributed by atoms with Crippen molar-refractivity contribution in [1.29, 1.82) is 5.26 Å². The van der Waals surface area contributed by atoms with Crippen LogP contribution in [0.15, 0.2) is 42.6 Å². The molecular formula is C32H44N8O2. The number of benzene rings is 1. The van der Waals surface area contributed by atoms with E-state index in [1.54, 1.807) is 38.4 Å². The van der Waals surface area contributed by atoms with Crippen LogP contribution in [0.4, 0.5) is 17.5 Å². The summed E-state index contributed by atoms with van der Waals surface area (Å²) in [4.78, 5) is 39.8. The molecule has 0 bridgehead atoms. The number of nitriles is 1. The first kappa shape index (κ1) is 33.8. The van der Waals surface area contributed by atoms with Gasteiger partial charge in [0.05, 0.1) is 23.4 Å². The van der Waals surface area contributed by atoms with Gasteiger partial charge in [0.2, 0.25) is 17.8 Å². The number of nitrogens with zero attached hydrogens (tertiary/aromatic N) is 6. The molecule has 0 aliphatic rings. The average molecular weight is 573 g/mol. The maximum atomic E-state index is 12.5. The van der Waals surface area contributed by atoms with E-state index in [4.69, 9.17) is 10.2 Å². The number of unbranched alkanes of at least 4 members (excludes halogenated alkanes) is 1. The Labute approximate surface area is 250 Å². The van der Waals surface area contributed by atoms with E-state index in [2.05, 4.69) is 52.3 Å². The Bertz CT molecular complexity index is 1280. The van der Waals surface area contributed by atoms with Crippen molar-refractivity contribution in [3.63, 3.8) is 0 Å². The number of aromatic nitrogens is 2. The van der Waals surface area contributed by atoms with E-state index in [0.717, 1.165) is 43.0 Å². The standard InChI is InChI=1S/C32H44N8O2/c1-7-20-40(21-8-2)30-27(24-35-32(37-30)36-28-17-15-26(23-33)16-18-28)13-10-9-11-19-34-31(42)25(3)39(6)29(41)14-12-22-38(4)5/h12,14-18,24-25H,7-9,11,19-22H2,1-6H3,(H,34,42)(H,35,36,37)/b14-12+/t25-/m0/s1. The molecule has 2 rings (SSSR count). The van der Waals surface area contributed by atoms with Crippen molar-refractivity contribution >= 4 is 29.3 Å². The number of hydrogen-bond donors (Lipinski definition) is 2. The molecule has 42 heavy (non-hydrogen) atoms. The molecule has 2 aromatic rings. The minimum atomic E-state index is -0.577. The molecule has 224 valence electrons. The Hall–Kier alpha value is -4.41. The van der Waals surface area contributed by atoms with Crippen LogP contribution in [0.2, 0.25) is 0 Å². The van der Waals surface area contributed by atoms with E-state index >= 15 is 0 Å². The maximum Gasteiger partial charge on any atom is 0.246 e. The molecule has 0 unspecified atom stereocenters. The predicted octanol–water partition coefficient (Wildman–Crippen LogP) is 3.93. The van der Waals surface area contributed by atoms with Gasteiger partial charge < -0.3 is 25.3 Å². The molecule has 1 aromatic carbocycles. The van der Waals surface area contributed by atoms with Crippen molar-refractivity contribution in [2.24, 2.45) is 0 Å². The molecule has 0 saturated carbocycles. The van der Waals surface area contributed by atoms with Crippen LogP contribution in [0.3, 0.4) is 0 Å². The second-order valence-electron chi connectivity index (χ2n) is 10.2. The average Bonchev–Trinajstić information content (AvgIpc) is 2.98. The van der Waals surface area contributed by atoms with Gasteiger partial charge in [0.1, 0.15) is 11.9 Å². The van der Waals surface area contributed by atoms with Gasteiger partial charge >= 0.3 is 0 Å². The summed E-state index contributed by atoms with van der Waals surface area (Å²) in [5.74, 6) is 7.28. The third-order valence-corrected chi connectivity index (χ3v) is 6.37. The fourth-order valence-electron chi connectivity index (χ4n) is 3.93. The zero-order valence-electron chi connectivity index (χ0n) is 25.8. The molecule has 2 N–H and O–H groups in total. The minimum absolute atomic E-state index is 0.198. The first-order valence-electron chi connectivity index (χ1n) is 14.4. The summed E-state index contributed by atoms with van der Waals surface area (Å²) in [5.41, 5.74) is 2.14. The zero-order chi connectivity index (χ0) is 30.9. The second kappa shape index (κ2) is 18.1. The van der Waals surface area contributed by atoms with Gasteiger partial charge in [0.25, 0.3) is 0 Å². The Morgan fingerprint density at radius 3 is 2.40 bits per heavy atom. The lowest BCUT2D eigenvalue weighted by Crippen LogP contribution is -2.45. The molecule has 1 aromatic heterocycles. The van der Waals surface area contributed by atoms with Crippen molar-refractivity contribution in [2.45, 2.75) is 52.5 Å². The van der Waals surface area contributed by atoms with E-state index in [1.807, 2.05) is 31.1 Å².